The van der Waals surface area contributed by atoms with Gasteiger partial charge in [-0.3, -0.25) is 4.90 Å². The van der Waals surface area contributed by atoms with E-state index in [9.17, 15) is 0 Å². The second-order valence-corrected chi connectivity index (χ2v) is 3.56. The topological polar surface area (TPSA) is 24.5 Å². The van der Waals surface area contributed by atoms with E-state index in [0.717, 1.165) is 45.8 Å². The largest absolute Gasteiger partial charge is 0.376 e. The van der Waals surface area contributed by atoms with Gasteiger partial charge < -0.3 is 10.1 Å². The van der Waals surface area contributed by atoms with Crippen LogP contribution in [-0.4, -0.2) is 50.3 Å². The van der Waals surface area contributed by atoms with Gasteiger partial charge in [-0.15, -0.1) is 0 Å². The Bertz CT molecular complexity index is 130. The summed E-state index contributed by atoms with van der Waals surface area (Å²) < 4.78 is 5.60. The van der Waals surface area contributed by atoms with E-state index >= 15 is 0 Å². The minimum absolute atomic E-state index is 0.468. The lowest BCUT2D eigenvalue weighted by molar-refractivity contribution is -0.0290. The van der Waals surface area contributed by atoms with Crippen LogP contribution in [0.1, 0.15) is 20.3 Å². The van der Waals surface area contributed by atoms with Gasteiger partial charge in [-0.1, -0.05) is 13.8 Å². The monoisotopic (exact) mass is 186 g/mol. The van der Waals surface area contributed by atoms with E-state index in [1.165, 1.54) is 0 Å². The number of nitrogens with one attached hydrogen (secondary N) is 1. The molecule has 1 unspecified atom stereocenters. The zero-order valence-electron chi connectivity index (χ0n) is 8.88. The first-order chi connectivity index (χ1) is 6.36. The van der Waals surface area contributed by atoms with Crippen LogP contribution >= 0.6 is 0 Å². The Balaban J connectivity index is 2.11. The van der Waals surface area contributed by atoms with E-state index in [-0.39, 0.29) is 0 Å². The van der Waals surface area contributed by atoms with Gasteiger partial charge in [0.15, 0.2) is 0 Å². The van der Waals surface area contributed by atoms with E-state index in [2.05, 4.69) is 24.1 Å². The summed E-state index contributed by atoms with van der Waals surface area (Å²) in [5, 5.41) is 3.35. The molecule has 0 amide bonds. The predicted molar refractivity (Wildman–Crippen MR) is 55.0 cm³/mol. The van der Waals surface area contributed by atoms with E-state index < -0.39 is 0 Å². The van der Waals surface area contributed by atoms with E-state index in [0.29, 0.717) is 6.10 Å². The van der Waals surface area contributed by atoms with Crippen LogP contribution in [0.3, 0.4) is 0 Å². The molecular weight excluding hydrogens is 164 g/mol. The molecule has 1 fully saturated rings. The molecule has 0 saturated carbocycles. The molecule has 1 atom stereocenters. The Kier molecular flexibility index (Phi) is 5.35. The SMILES string of the molecule is CCNCCN1CCOC(CC)C1. The van der Waals surface area contributed by atoms with Gasteiger partial charge in [0.05, 0.1) is 12.7 Å². The molecule has 1 aliphatic heterocycles. The zero-order chi connectivity index (χ0) is 9.52. The van der Waals surface area contributed by atoms with Gasteiger partial charge in [0, 0.05) is 26.2 Å². The number of likely N-dealkylation sites (N-methyl/N-ethyl adjacent to an activating group) is 1. The standard InChI is InChI=1S/C10H22N2O/c1-3-10-9-12(7-8-13-10)6-5-11-4-2/h10-11H,3-9H2,1-2H3. The maximum atomic E-state index is 5.60. The number of hydrogen-bond acceptors (Lipinski definition) is 3. The van der Waals surface area contributed by atoms with E-state index in [1.54, 1.807) is 0 Å². The highest BCUT2D eigenvalue weighted by Crippen LogP contribution is 2.06. The van der Waals surface area contributed by atoms with Crippen LogP contribution in [0.15, 0.2) is 0 Å². The summed E-state index contributed by atoms with van der Waals surface area (Å²) in [6.07, 6.45) is 1.60. The Morgan fingerprint density at radius 3 is 3.00 bits per heavy atom. The molecule has 0 bridgehead atoms. The summed E-state index contributed by atoms with van der Waals surface area (Å²) in [5.41, 5.74) is 0. The van der Waals surface area contributed by atoms with Crippen molar-refractivity contribution in [2.24, 2.45) is 0 Å². The number of hydrogen-bond donors (Lipinski definition) is 1. The van der Waals surface area contributed by atoms with Crippen LogP contribution in [0.25, 0.3) is 0 Å². The normalized spacial score (nSPS) is 24.9. The number of ether oxygens (including phenoxy) is 1. The maximum Gasteiger partial charge on any atom is 0.0700 e. The molecule has 0 aromatic rings. The van der Waals surface area contributed by atoms with E-state index in [1.807, 2.05) is 0 Å². The lowest BCUT2D eigenvalue weighted by Crippen LogP contribution is -2.44. The molecule has 1 rings (SSSR count). The lowest BCUT2D eigenvalue weighted by Gasteiger charge is -2.32. The number of nitrogens with zero attached hydrogens (tertiary/aromatic N) is 1. The fourth-order valence-corrected chi connectivity index (χ4v) is 1.64. The van der Waals surface area contributed by atoms with Crippen LogP contribution in [-0.2, 0) is 4.74 Å². The molecule has 0 radical (unpaired) electrons. The minimum atomic E-state index is 0.468. The van der Waals surface area contributed by atoms with Crippen molar-refractivity contribution in [1.82, 2.24) is 10.2 Å². The van der Waals surface area contributed by atoms with Gasteiger partial charge in [0.1, 0.15) is 0 Å². The molecule has 3 heteroatoms. The second kappa shape index (κ2) is 6.35. The summed E-state index contributed by atoms with van der Waals surface area (Å²) in [6.45, 7) is 10.8. The van der Waals surface area contributed by atoms with Gasteiger partial charge >= 0.3 is 0 Å². The quantitative estimate of drug-likeness (QED) is 0.640. The van der Waals surface area contributed by atoms with Gasteiger partial charge in [-0.25, -0.2) is 0 Å². The van der Waals surface area contributed by atoms with Crippen molar-refractivity contribution in [3.05, 3.63) is 0 Å². The van der Waals surface area contributed by atoms with Crippen LogP contribution in [0, 0.1) is 0 Å². The van der Waals surface area contributed by atoms with Crippen LogP contribution < -0.4 is 5.32 Å². The fraction of sp³-hybridized carbons (Fsp3) is 1.00. The summed E-state index contributed by atoms with van der Waals surface area (Å²) in [6, 6.07) is 0. The molecule has 78 valence electrons. The van der Waals surface area contributed by atoms with Crippen molar-refractivity contribution >= 4 is 0 Å². The molecule has 1 saturated heterocycles. The number of rotatable bonds is 5. The Morgan fingerprint density at radius 1 is 1.46 bits per heavy atom. The molecular formula is C10H22N2O. The zero-order valence-corrected chi connectivity index (χ0v) is 8.88. The summed E-state index contributed by atoms with van der Waals surface area (Å²) in [7, 11) is 0. The highest BCUT2D eigenvalue weighted by Gasteiger charge is 2.17. The molecule has 3 nitrogen and oxygen atoms in total. The minimum Gasteiger partial charge on any atom is -0.376 e. The molecule has 0 aromatic carbocycles. The smallest absolute Gasteiger partial charge is 0.0700 e. The molecule has 1 heterocycles. The van der Waals surface area contributed by atoms with Crippen LogP contribution in [0.4, 0.5) is 0 Å². The predicted octanol–water partition coefficient (Wildman–Crippen LogP) is 0.707. The van der Waals surface area contributed by atoms with Gasteiger partial charge in [0.2, 0.25) is 0 Å². The summed E-state index contributed by atoms with van der Waals surface area (Å²) in [4.78, 5) is 2.49. The Morgan fingerprint density at radius 2 is 2.31 bits per heavy atom. The summed E-state index contributed by atoms with van der Waals surface area (Å²) in [5.74, 6) is 0. The molecule has 13 heavy (non-hydrogen) atoms. The average molecular weight is 186 g/mol. The first kappa shape index (κ1) is 11.0. The van der Waals surface area contributed by atoms with Crippen LogP contribution in [0.2, 0.25) is 0 Å². The van der Waals surface area contributed by atoms with Crippen molar-refractivity contribution in [2.45, 2.75) is 26.4 Å². The lowest BCUT2D eigenvalue weighted by atomic mass is 10.2. The van der Waals surface area contributed by atoms with Crippen molar-refractivity contribution in [3.8, 4) is 0 Å². The molecule has 0 aliphatic carbocycles. The molecule has 0 aromatic heterocycles. The Hall–Kier alpha value is -0.120. The second-order valence-electron chi connectivity index (χ2n) is 3.56. The third-order valence-electron chi connectivity index (χ3n) is 2.53. The van der Waals surface area contributed by atoms with E-state index in [4.69, 9.17) is 4.74 Å². The average Bonchev–Trinajstić information content (AvgIpc) is 2.19. The van der Waals surface area contributed by atoms with Gasteiger partial charge in [0.25, 0.3) is 0 Å². The highest BCUT2D eigenvalue weighted by atomic mass is 16.5. The van der Waals surface area contributed by atoms with Gasteiger partial charge in [-0.05, 0) is 13.0 Å². The van der Waals surface area contributed by atoms with Crippen molar-refractivity contribution < 1.29 is 4.74 Å². The van der Waals surface area contributed by atoms with Crippen molar-refractivity contribution in [1.29, 1.82) is 0 Å². The first-order valence-electron chi connectivity index (χ1n) is 5.41. The van der Waals surface area contributed by atoms with Crippen molar-refractivity contribution in [3.63, 3.8) is 0 Å². The third kappa shape index (κ3) is 4.07. The summed E-state index contributed by atoms with van der Waals surface area (Å²) >= 11 is 0. The molecule has 1 aliphatic rings. The fourth-order valence-electron chi connectivity index (χ4n) is 1.64. The third-order valence-corrected chi connectivity index (χ3v) is 2.53. The first-order valence-corrected chi connectivity index (χ1v) is 5.41. The number of morpholine rings is 1. The Labute approximate surface area is 81.4 Å². The maximum absolute atomic E-state index is 5.60. The van der Waals surface area contributed by atoms with Gasteiger partial charge in [-0.2, -0.15) is 0 Å². The highest BCUT2D eigenvalue weighted by molar-refractivity contribution is 4.70. The van der Waals surface area contributed by atoms with Crippen LogP contribution in [0.5, 0.6) is 0 Å². The van der Waals surface area contributed by atoms with Crippen molar-refractivity contribution in [2.75, 3.05) is 39.3 Å². The molecule has 0 spiro atoms. The molecule has 1 N–H and O–H groups in total.